The number of rotatable bonds is 5. The Kier molecular flexibility index (Phi) is 4.52. The minimum atomic E-state index is -0.540. The van der Waals surface area contributed by atoms with E-state index in [4.69, 9.17) is 4.74 Å². The summed E-state index contributed by atoms with van der Waals surface area (Å²) in [4.78, 5) is 24.5. The first kappa shape index (κ1) is 13.5. The number of carbonyl (C=O) groups is 2. The van der Waals surface area contributed by atoms with E-state index in [2.05, 4.69) is 5.32 Å². The number of hydrogen-bond acceptors (Lipinski definition) is 3. The van der Waals surface area contributed by atoms with E-state index in [1.807, 2.05) is 37.3 Å². The van der Waals surface area contributed by atoms with Gasteiger partial charge in [0.25, 0.3) is 0 Å². The molecule has 0 spiro atoms. The molecule has 19 heavy (non-hydrogen) atoms. The molecule has 1 atom stereocenters. The first-order valence-electron chi connectivity index (χ1n) is 6.42. The minimum absolute atomic E-state index is 0.131. The normalized spacial score (nSPS) is 19.4. The second kappa shape index (κ2) is 6.33. The molecular weight excluding hydrogens is 244 g/mol. The van der Waals surface area contributed by atoms with Crippen LogP contribution in [-0.4, -0.2) is 42.5 Å². The molecule has 1 aromatic carbocycles. The second-order valence-electron chi connectivity index (χ2n) is 4.51. The molecule has 2 amide bonds. The van der Waals surface area contributed by atoms with Gasteiger partial charge >= 0.3 is 11.8 Å². The third-order valence-electron chi connectivity index (χ3n) is 3.07. The zero-order valence-corrected chi connectivity index (χ0v) is 11.0. The number of benzene rings is 1. The van der Waals surface area contributed by atoms with Crippen LogP contribution in [0.3, 0.4) is 0 Å². The van der Waals surface area contributed by atoms with Gasteiger partial charge in [-0.3, -0.25) is 9.59 Å². The van der Waals surface area contributed by atoms with Gasteiger partial charge in [-0.2, -0.15) is 0 Å². The number of piperazine rings is 1. The van der Waals surface area contributed by atoms with Gasteiger partial charge < -0.3 is 15.0 Å². The predicted octanol–water partition coefficient (Wildman–Crippen LogP) is 0.550. The number of hydrogen-bond donors (Lipinski definition) is 1. The third-order valence-corrected chi connectivity index (χ3v) is 3.07. The lowest BCUT2D eigenvalue weighted by Crippen LogP contribution is -2.58. The highest BCUT2D eigenvalue weighted by molar-refractivity contribution is 6.35. The summed E-state index contributed by atoms with van der Waals surface area (Å²) in [6, 6.07) is 9.71. The van der Waals surface area contributed by atoms with Crippen molar-refractivity contribution in [3.63, 3.8) is 0 Å². The van der Waals surface area contributed by atoms with Crippen LogP contribution in [0.1, 0.15) is 12.5 Å². The number of carbonyl (C=O) groups excluding carboxylic acids is 2. The summed E-state index contributed by atoms with van der Waals surface area (Å²) in [5.74, 6) is -0.997. The average Bonchev–Trinajstić information content (AvgIpc) is 2.43. The van der Waals surface area contributed by atoms with Crippen molar-refractivity contribution < 1.29 is 14.3 Å². The molecular formula is C14H18N2O3. The van der Waals surface area contributed by atoms with Crippen LogP contribution in [0.15, 0.2) is 30.3 Å². The van der Waals surface area contributed by atoms with Gasteiger partial charge in [0, 0.05) is 13.1 Å². The van der Waals surface area contributed by atoms with Gasteiger partial charge in [-0.25, -0.2) is 0 Å². The lowest BCUT2D eigenvalue weighted by molar-refractivity contribution is -0.150. The van der Waals surface area contributed by atoms with Crippen molar-refractivity contribution in [2.24, 2.45) is 0 Å². The fourth-order valence-electron chi connectivity index (χ4n) is 2.05. The van der Waals surface area contributed by atoms with Crippen LogP contribution >= 0.6 is 0 Å². The Labute approximate surface area is 112 Å². The molecule has 1 unspecified atom stereocenters. The van der Waals surface area contributed by atoms with Gasteiger partial charge in [0.05, 0.1) is 19.3 Å². The Hall–Kier alpha value is -1.88. The second-order valence-corrected chi connectivity index (χ2v) is 4.51. The molecule has 1 fully saturated rings. The number of amides is 2. The summed E-state index contributed by atoms with van der Waals surface area (Å²) >= 11 is 0. The fourth-order valence-corrected chi connectivity index (χ4v) is 2.05. The molecule has 0 aliphatic carbocycles. The van der Waals surface area contributed by atoms with Crippen LogP contribution in [0, 0.1) is 0 Å². The fraction of sp³-hybridized carbons (Fsp3) is 0.429. The van der Waals surface area contributed by atoms with Gasteiger partial charge in [0.1, 0.15) is 0 Å². The van der Waals surface area contributed by atoms with E-state index in [0.717, 1.165) is 5.56 Å². The Morgan fingerprint density at radius 3 is 2.74 bits per heavy atom. The van der Waals surface area contributed by atoms with Crippen LogP contribution in [0.2, 0.25) is 0 Å². The molecule has 0 saturated carbocycles. The quantitative estimate of drug-likeness (QED) is 0.788. The highest BCUT2D eigenvalue weighted by Gasteiger charge is 2.30. The summed E-state index contributed by atoms with van der Waals surface area (Å²) in [5.41, 5.74) is 1.09. The van der Waals surface area contributed by atoms with Gasteiger partial charge in [-0.1, -0.05) is 30.3 Å². The molecule has 1 aromatic rings. The zero-order chi connectivity index (χ0) is 13.7. The van der Waals surface area contributed by atoms with Crippen LogP contribution in [0.25, 0.3) is 0 Å². The smallest absolute Gasteiger partial charge is 0.311 e. The topological polar surface area (TPSA) is 58.6 Å². The van der Waals surface area contributed by atoms with Gasteiger partial charge in [-0.15, -0.1) is 0 Å². The Morgan fingerprint density at radius 2 is 2.05 bits per heavy atom. The first-order chi connectivity index (χ1) is 9.20. The Morgan fingerprint density at radius 1 is 1.32 bits per heavy atom. The SMILES string of the molecule is CCN1CC(COCc2ccccc2)NC(=O)C1=O. The van der Waals surface area contributed by atoms with Crippen molar-refractivity contribution >= 4 is 11.8 Å². The van der Waals surface area contributed by atoms with Crippen LogP contribution in [-0.2, 0) is 20.9 Å². The number of nitrogens with one attached hydrogen (secondary N) is 1. The molecule has 5 heteroatoms. The van der Waals surface area contributed by atoms with Crippen LogP contribution < -0.4 is 5.32 Å². The highest BCUT2D eigenvalue weighted by Crippen LogP contribution is 2.05. The summed E-state index contributed by atoms with van der Waals surface area (Å²) < 4.78 is 5.58. The molecule has 1 aliphatic heterocycles. The molecule has 1 aliphatic rings. The van der Waals surface area contributed by atoms with E-state index in [-0.39, 0.29) is 6.04 Å². The van der Waals surface area contributed by atoms with E-state index in [0.29, 0.717) is 26.3 Å². The van der Waals surface area contributed by atoms with Gasteiger partial charge in [0.15, 0.2) is 0 Å². The largest absolute Gasteiger partial charge is 0.375 e. The maximum atomic E-state index is 11.5. The molecule has 1 saturated heterocycles. The molecule has 2 rings (SSSR count). The lowest BCUT2D eigenvalue weighted by atomic mass is 10.2. The van der Waals surface area contributed by atoms with Crippen LogP contribution in [0.5, 0.6) is 0 Å². The summed E-state index contributed by atoms with van der Waals surface area (Å²) in [5, 5.41) is 2.66. The van der Waals surface area contributed by atoms with Gasteiger partial charge in [0.2, 0.25) is 0 Å². The van der Waals surface area contributed by atoms with Crippen molar-refractivity contribution in [3.05, 3.63) is 35.9 Å². The van der Waals surface area contributed by atoms with Crippen molar-refractivity contribution in [2.75, 3.05) is 19.7 Å². The van der Waals surface area contributed by atoms with Crippen LogP contribution in [0.4, 0.5) is 0 Å². The van der Waals surface area contributed by atoms with Crippen molar-refractivity contribution in [1.82, 2.24) is 10.2 Å². The average molecular weight is 262 g/mol. The molecule has 1 heterocycles. The van der Waals surface area contributed by atoms with Crippen molar-refractivity contribution in [2.45, 2.75) is 19.6 Å². The zero-order valence-electron chi connectivity index (χ0n) is 11.0. The maximum Gasteiger partial charge on any atom is 0.311 e. The standard InChI is InChI=1S/C14H18N2O3/c1-2-16-8-12(15-13(17)14(16)18)10-19-9-11-6-4-3-5-7-11/h3-7,12H,2,8-10H2,1H3,(H,15,17). The van der Waals surface area contributed by atoms with E-state index >= 15 is 0 Å². The van der Waals surface area contributed by atoms with E-state index in [9.17, 15) is 9.59 Å². The first-order valence-corrected chi connectivity index (χ1v) is 6.42. The molecule has 0 radical (unpaired) electrons. The predicted molar refractivity (Wildman–Crippen MR) is 70.3 cm³/mol. The lowest BCUT2D eigenvalue weighted by Gasteiger charge is -2.31. The van der Waals surface area contributed by atoms with Gasteiger partial charge in [-0.05, 0) is 12.5 Å². The summed E-state index contributed by atoms with van der Waals surface area (Å²) in [6.45, 7) is 3.83. The van der Waals surface area contributed by atoms with E-state index < -0.39 is 11.8 Å². The molecule has 102 valence electrons. The Bertz CT molecular complexity index is 447. The molecule has 1 N–H and O–H groups in total. The highest BCUT2D eigenvalue weighted by atomic mass is 16.5. The summed E-state index contributed by atoms with van der Waals surface area (Å²) in [7, 11) is 0. The summed E-state index contributed by atoms with van der Waals surface area (Å²) in [6.07, 6.45) is 0. The molecule has 0 aromatic heterocycles. The van der Waals surface area contributed by atoms with Crippen molar-refractivity contribution in [3.8, 4) is 0 Å². The molecule has 0 bridgehead atoms. The number of nitrogens with zero attached hydrogens (tertiary/aromatic N) is 1. The van der Waals surface area contributed by atoms with E-state index in [1.54, 1.807) is 0 Å². The molecule has 5 nitrogen and oxygen atoms in total. The van der Waals surface area contributed by atoms with Crippen molar-refractivity contribution in [1.29, 1.82) is 0 Å². The Balaban J connectivity index is 1.80. The maximum absolute atomic E-state index is 11.5. The number of likely N-dealkylation sites (N-methyl/N-ethyl adjacent to an activating group) is 1. The van der Waals surface area contributed by atoms with E-state index in [1.165, 1.54) is 4.90 Å². The third kappa shape index (κ3) is 3.54. The minimum Gasteiger partial charge on any atom is -0.375 e. The monoisotopic (exact) mass is 262 g/mol. The number of ether oxygens (including phenoxy) is 1.